The molecule has 0 saturated heterocycles. The van der Waals surface area contributed by atoms with Gasteiger partial charge in [0.15, 0.2) is 0 Å². The van der Waals surface area contributed by atoms with Crippen LogP contribution in [0.15, 0.2) is 36.4 Å². The Morgan fingerprint density at radius 3 is 2.50 bits per heavy atom. The summed E-state index contributed by atoms with van der Waals surface area (Å²) < 4.78 is 5.08. The number of carbonyl (C=O) groups excluding carboxylic acids is 1. The largest absolute Gasteiger partial charge is 0.426 e. The number of hydrogen-bond acceptors (Lipinski definition) is 3. The molecule has 0 amide bonds. The van der Waals surface area contributed by atoms with Crippen molar-refractivity contribution in [3.8, 4) is 11.8 Å². The molecule has 2 aromatic rings. The minimum absolute atomic E-state index is 0.366. The van der Waals surface area contributed by atoms with E-state index in [0.29, 0.717) is 11.3 Å². The minimum Gasteiger partial charge on any atom is -0.426 e. The minimum atomic E-state index is -0.366. The van der Waals surface area contributed by atoms with Gasteiger partial charge in [-0.25, -0.2) is 0 Å². The van der Waals surface area contributed by atoms with Crippen molar-refractivity contribution in [3.05, 3.63) is 42.0 Å². The van der Waals surface area contributed by atoms with Gasteiger partial charge in [0.25, 0.3) is 0 Å². The van der Waals surface area contributed by atoms with Crippen molar-refractivity contribution in [3.63, 3.8) is 0 Å². The predicted octanol–water partition coefficient (Wildman–Crippen LogP) is 2.64. The Morgan fingerprint density at radius 1 is 1.19 bits per heavy atom. The monoisotopic (exact) mass is 211 g/mol. The van der Waals surface area contributed by atoms with Crippen molar-refractivity contribution in [1.82, 2.24) is 0 Å². The summed E-state index contributed by atoms with van der Waals surface area (Å²) in [7, 11) is 0. The van der Waals surface area contributed by atoms with E-state index >= 15 is 0 Å². The van der Waals surface area contributed by atoms with E-state index in [2.05, 4.69) is 6.07 Å². The molecule has 2 rings (SSSR count). The number of esters is 1. The zero-order valence-corrected chi connectivity index (χ0v) is 8.73. The fourth-order valence-corrected chi connectivity index (χ4v) is 1.61. The third kappa shape index (κ3) is 1.73. The number of benzene rings is 2. The SMILES string of the molecule is CC(=O)Oc1ccc(C#N)c2ccccc12. The van der Waals surface area contributed by atoms with Gasteiger partial charge in [-0.05, 0) is 12.1 Å². The topological polar surface area (TPSA) is 50.1 Å². The number of hydrogen-bond donors (Lipinski definition) is 0. The number of ether oxygens (including phenoxy) is 1. The molecule has 3 nitrogen and oxygen atoms in total. The highest BCUT2D eigenvalue weighted by atomic mass is 16.5. The highest BCUT2D eigenvalue weighted by Gasteiger charge is 2.07. The zero-order chi connectivity index (χ0) is 11.5. The van der Waals surface area contributed by atoms with E-state index in [0.717, 1.165) is 10.8 Å². The second-order valence-corrected chi connectivity index (χ2v) is 3.36. The van der Waals surface area contributed by atoms with Crippen LogP contribution in [0.3, 0.4) is 0 Å². The summed E-state index contributed by atoms with van der Waals surface area (Å²) in [6, 6.07) is 12.8. The van der Waals surface area contributed by atoms with Crippen LogP contribution in [0.1, 0.15) is 12.5 Å². The standard InChI is InChI=1S/C13H9NO2/c1-9(15)16-13-7-6-10(8-14)11-4-2-3-5-12(11)13/h2-7H,1H3. The molecule has 78 valence electrons. The Balaban J connectivity index is 2.70. The lowest BCUT2D eigenvalue weighted by atomic mass is 10.0. The quantitative estimate of drug-likeness (QED) is 0.538. The lowest BCUT2D eigenvalue weighted by Crippen LogP contribution is -2.01. The van der Waals surface area contributed by atoms with E-state index in [9.17, 15) is 4.79 Å². The van der Waals surface area contributed by atoms with Crippen LogP contribution in [-0.4, -0.2) is 5.97 Å². The number of nitriles is 1. The summed E-state index contributed by atoms with van der Waals surface area (Å²) in [4.78, 5) is 10.9. The number of fused-ring (bicyclic) bond motifs is 1. The van der Waals surface area contributed by atoms with Gasteiger partial charge in [0.2, 0.25) is 0 Å². The first-order valence-electron chi connectivity index (χ1n) is 4.82. The Kier molecular flexibility index (Phi) is 2.57. The highest BCUT2D eigenvalue weighted by Crippen LogP contribution is 2.28. The third-order valence-corrected chi connectivity index (χ3v) is 2.26. The molecule has 0 radical (unpaired) electrons. The molecule has 3 heteroatoms. The molecular weight excluding hydrogens is 202 g/mol. The van der Waals surface area contributed by atoms with E-state index in [-0.39, 0.29) is 5.97 Å². The molecule has 0 heterocycles. The van der Waals surface area contributed by atoms with Gasteiger partial charge in [0, 0.05) is 17.7 Å². The maximum atomic E-state index is 10.9. The lowest BCUT2D eigenvalue weighted by Gasteiger charge is -2.06. The Bertz CT molecular complexity index is 596. The maximum Gasteiger partial charge on any atom is 0.308 e. The molecule has 0 bridgehead atoms. The van der Waals surface area contributed by atoms with Gasteiger partial charge in [-0.1, -0.05) is 24.3 Å². The van der Waals surface area contributed by atoms with E-state index in [1.807, 2.05) is 24.3 Å². The Labute approximate surface area is 92.9 Å². The van der Waals surface area contributed by atoms with E-state index < -0.39 is 0 Å². The Morgan fingerprint density at radius 2 is 1.88 bits per heavy atom. The van der Waals surface area contributed by atoms with E-state index in [1.165, 1.54) is 6.92 Å². The van der Waals surface area contributed by atoms with Crippen molar-refractivity contribution in [2.24, 2.45) is 0 Å². The molecule has 16 heavy (non-hydrogen) atoms. The lowest BCUT2D eigenvalue weighted by molar-refractivity contribution is -0.131. The van der Waals surface area contributed by atoms with Gasteiger partial charge in [-0.2, -0.15) is 5.26 Å². The van der Waals surface area contributed by atoms with Gasteiger partial charge in [0.1, 0.15) is 5.75 Å². The van der Waals surface area contributed by atoms with Gasteiger partial charge >= 0.3 is 5.97 Å². The summed E-state index contributed by atoms with van der Waals surface area (Å²) in [5.74, 6) is 0.122. The van der Waals surface area contributed by atoms with Crippen molar-refractivity contribution in [2.75, 3.05) is 0 Å². The first kappa shape index (κ1) is 10.2. The van der Waals surface area contributed by atoms with Crippen molar-refractivity contribution >= 4 is 16.7 Å². The molecule has 0 fully saturated rings. The molecule has 0 atom stereocenters. The molecule has 0 aliphatic heterocycles. The van der Waals surface area contributed by atoms with Crippen molar-refractivity contribution in [2.45, 2.75) is 6.92 Å². The molecular formula is C13H9NO2. The fraction of sp³-hybridized carbons (Fsp3) is 0.0769. The average Bonchev–Trinajstić information content (AvgIpc) is 2.29. The molecule has 0 saturated carbocycles. The van der Waals surface area contributed by atoms with Gasteiger partial charge < -0.3 is 4.74 Å². The smallest absolute Gasteiger partial charge is 0.308 e. The van der Waals surface area contributed by atoms with Gasteiger partial charge in [0.05, 0.1) is 11.6 Å². The molecule has 2 aromatic carbocycles. The first-order valence-corrected chi connectivity index (χ1v) is 4.82. The zero-order valence-electron chi connectivity index (χ0n) is 8.73. The molecule has 0 aliphatic rings. The van der Waals surface area contributed by atoms with Crippen LogP contribution in [-0.2, 0) is 4.79 Å². The summed E-state index contributed by atoms with van der Waals surface area (Å²) in [5, 5.41) is 10.5. The molecule has 0 N–H and O–H groups in total. The van der Waals surface area contributed by atoms with Crippen LogP contribution >= 0.6 is 0 Å². The van der Waals surface area contributed by atoms with E-state index in [4.69, 9.17) is 10.00 Å². The Hall–Kier alpha value is -2.34. The molecule has 0 spiro atoms. The van der Waals surface area contributed by atoms with E-state index in [1.54, 1.807) is 12.1 Å². The van der Waals surface area contributed by atoms with Crippen molar-refractivity contribution < 1.29 is 9.53 Å². The highest BCUT2D eigenvalue weighted by molar-refractivity contribution is 5.94. The number of carbonyl (C=O) groups is 1. The van der Waals surface area contributed by atoms with Crippen LogP contribution in [0.2, 0.25) is 0 Å². The predicted molar refractivity (Wildman–Crippen MR) is 60.0 cm³/mol. The second kappa shape index (κ2) is 4.03. The summed E-state index contributed by atoms with van der Waals surface area (Å²) in [6.45, 7) is 1.35. The number of nitrogens with zero attached hydrogens (tertiary/aromatic N) is 1. The van der Waals surface area contributed by atoms with Crippen LogP contribution in [0, 0.1) is 11.3 Å². The van der Waals surface area contributed by atoms with Crippen LogP contribution in [0.5, 0.6) is 5.75 Å². The second-order valence-electron chi connectivity index (χ2n) is 3.36. The fourth-order valence-electron chi connectivity index (χ4n) is 1.61. The summed E-state index contributed by atoms with van der Waals surface area (Å²) >= 11 is 0. The summed E-state index contributed by atoms with van der Waals surface area (Å²) in [5.41, 5.74) is 0.575. The van der Waals surface area contributed by atoms with Gasteiger partial charge in [-0.3, -0.25) is 4.79 Å². The van der Waals surface area contributed by atoms with Gasteiger partial charge in [-0.15, -0.1) is 0 Å². The van der Waals surface area contributed by atoms with Crippen LogP contribution in [0.25, 0.3) is 10.8 Å². The summed E-state index contributed by atoms with van der Waals surface area (Å²) in [6.07, 6.45) is 0. The van der Waals surface area contributed by atoms with Crippen LogP contribution < -0.4 is 4.74 Å². The molecule has 0 aromatic heterocycles. The average molecular weight is 211 g/mol. The normalized spacial score (nSPS) is 9.75. The van der Waals surface area contributed by atoms with Crippen molar-refractivity contribution in [1.29, 1.82) is 5.26 Å². The molecule has 0 aliphatic carbocycles. The molecule has 0 unspecified atom stereocenters. The van der Waals surface area contributed by atoms with Crippen LogP contribution in [0.4, 0.5) is 0 Å². The third-order valence-electron chi connectivity index (χ3n) is 2.26. The number of rotatable bonds is 1. The maximum absolute atomic E-state index is 10.9. The first-order chi connectivity index (χ1) is 7.72.